The van der Waals surface area contributed by atoms with Crippen molar-refractivity contribution >= 4 is 27.8 Å². The number of hydrogen-bond acceptors (Lipinski definition) is 9. The maximum atomic E-state index is 13.5. The molecule has 1 aromatic carbocycles. The quantitative estimate of drug-likeness (QED) is 0.299. The predicted octanol–water partition coefficient (Wildman–Crippen LogP) is 1.39. The lowest BCUT2D eigenvalue weighted by atomic mass is 10.2. The van der Waals surface area contributed by atoms with Gasteiger partial charge in [-0.2, -0.15) is 0 Å². The molecule has 3 rings (SSSR count). The number of nitrogens with zero attached hydrogens (tertiary/aromatic N) is 4. The first kappa shape index (κ1) is 21.4. The summed E-state index contributed by atoms with van der Waals surface area (Å²) in [6.07, 6.45) is 0.673. The Kier molecular flexibility index (Phi) is 6.72. The second-order valence-corrected chi connectivity index (χ2v) is 6.70. The zero-order valence-corrected chi connectivity index (χ0v) is 17.1. The van der Waals surface area contributed by atoms with E-state index in [2.05, 4.69) is 41.5 Å². The van der Waals surface area contributed by atoms with Gasteiger partial charge in [0.15, 0.2) is 5.69 Å². The van der Waals surface area contributed by atoms with Gasteiger partial charge < -0.3 is 10.1 Å². The zero-order chi connectivity index (χ0) is 21.7. The number of ether oxygens (including phenoxy) is 1. The number of amides is 1. The number of aryl methyl sites for hydroxylation is 1. The molecule has 13 heteroatoms. The van der Waals surface area contributed by atoms with Crippen LogP contribution in [0.2, 0.25) is 0 Å². The van der Waals surface area contributed by atoms with Gasteiger partial charge in [-0.15, -0.1) is 0 Å². The van der Waals surface area contributed by atoms with Crippen LogP contribution in [0, 0.1) is 5.82 Å². The Labute approximate surface area is 176 Å². The van der Waals surface area contributed by atoms with Crippen LogP contribution in [0.5, 0.6) is 0 Å². The third-order valence-corrected chi connectivity index (χ3v) is 4.48. The van der Waals surface area contributed by atoms with E-state index >= 15 is 0 Å². The van der Waals surface area contributed by atoms with Crippen molar-refractivity contribution in [2.45, 2.75) is 19.8 Å². The van der Waals surface area contributed by atoms with E-state index in [9.17, 15) is 18.8 Å². The van der Waals surface area contributed by atoms with Crippen molar-refractivity contribution in [3.05, 3.63) is 44.7 Å². The van der Waals surface area contributed by atoms with Crippen LogP contribution in [0.4, 0.5) is 4.39 Å². The third-order valence-electron chi connectivity index (χ3n) is 3.87. The highest BCUT2D eigenvalue weighted by Crippen LogP contribution is 2.24. The number of carbonyl (C=O) groups excluding carboxylic acids is 2. The average molecular weight is 484 g/mol. The molecular weight excluding hydrogens is 469 g/mol. The van der Waals surface area contributed by atoms with E-state index in [1.165, 1.54) is 18.2 Å². The summed E-state index contributed by atoms with van der Waals surface area (Å²) >= 11 is 3.06. The van der Waals surface area contributed by atoms with Gasteiger partial charge in [-0.3, -0.25) is 9.32 Å². The molecular formula is C17H15BrFN5O6. The SMILES string of the molecule is CCOC(=O)C(=O)NCCCc1nonc1-c1noc(=O)n1-c1ccc(F)c(Br)c1. The van der Waals surface area contributed by atoms with Gasteiger partial charge in [0.2, 0.25) is 5.82 Å². The van der Waals surface area contributed by atoms with E-state index in [1.807, 2.05) is 0 Å². The minimum Gasteiger partial charge on any atom is -0.459 e. The molecule has 0 aliphatic heterocycles. The molecule has 0 unspecified atom stereocenters. The normalized spacial score (nSPS) is 10.8. The second-order valence-electron chi connectivity index (χ2n) is 5.85. The number of benzene rings is 1. The monoisotopic (exact) mass is 483 g/mol. The summed E-state index contributed by atoms with van der Waals surface area (Å²) < 4.78 is 28.9. The molecule has 0 atom stereocenters. The highest BCUT2D eigenvalue weighted by atomic mass is 79.9. The highest BCUT2D eigenvalue weighted by molar-refractivity contribution is 9.10. The van der Waals surface area contributed by atoms with Crippen LogP contribution >= 0.6 is 15.9 Å². The molecule has 30 heavy (non-hydrogen) atoms. The molecule has 0 spiro atoms. The fourth-order valence-corrected chi connectivity index (χ4v) is 2.88. The summed E-state index contributed by atoms with van der Waals surface area (Å²) in [6, 6.07) is 3.94. The van der Waals surface area contributed by atoms with Crippen LogP contribution in [0.1, 0.15) is 19.0 Å². The molecule has 1 N–H and O–H groups in total. The summed E-state index contributed by atoms with van der Waals surface area (Å²) in [4.78, 5) is 34.9. The number of esters is 1. The van der Waals surface area contributed by atoms with Crippen molar-refractivity contribution in [2.75, 3.05) is 13.2 Å². The average Bonchev–Trinajstić information content (AvgIpc) is 3.33. The lowest BCUT2D eigenvalue weighted by Gasteiger charge is -2.05. The van der Waals surface area contributed by atoms with E-state index in [-0.39, 0.29) is 35.6 Å². The van der Waals surface area contributed by atoms with E-state index in [0.29, 0.717) is 17.8 Å². The number of halogens is 2. The predicted molar refractivity (Wildman–Crippen MR) is 101 cm³/mol. The number of rotatable bonds is 7. The van der Waals surface area contributed by atoms with Gasteiger partial charge in [-0.25, -0.2) is 23.2 Å². The number of hydrogen-bond donors (Lipinski definition) is 1. The Hall–Kier alpha value is -3.35. The summed E-state index contributed by atoms with van der Waals surface area (Å²) in [5.74, 6) is -3.09. The fourth-order valence-electron chi connectivity index (χ4n) is 2.52. The van der Waals surface area contributed by atoms with E-state index < -0.39 is 23.4 Å². The summed E-state index contributed by atoms with van der Waals surface area (Å²) in [7, 11) is 0. The Morgan fingerprint density at radius 1 is 1.30 bits per heavy atom. The lowest BCUT2D eigenvalue weighted by Crippen LogP contribution is -2.33. The standard InChI is InChI=1S/C17H15BrFN5O6/c1-2-28-16(26)15(25)20-7-3-4-12-13(22-30-21-12)14-23-29-17(27)24(14)9-5-6-11(19)10(18)8-9/h5-6,8H,2-4,7H2,1H3,(H,20,25). The van der Waals surface area contributed by atoms with Crippen molar-refractivity contribution in [1.29, 1.82) is 0 Å². The second kappa shape index (κ2) is 9.43. The van der Waals surface area contributed by atoms with Crippen molar-refractivity contribution in [2.24, 2.45) is 0 Å². The maximum absolute atomic E-state index is 13.5. The van der Waals surface area contributed by atoms with Gasteiger partial charge in [-0.1, -0.05) is 10.3 Å². The first-order valence-corrected chi connectivity index (χ1v) is 9.52. The lowest BCUT2D eigenvalue weighted by molar-refractivity contribution is -0.154. The van der Waals surface area contributed by atoms with Gasteiger partial charge in [-0.05, 0) is 59.1 Å². The highest BCUT2D eigenvalue weighted by Gasteiger charge is 2.23. The minimum absolute atomic E-state index is 0.0188. The smallest absolute Gasteiger partial charge is 0.446 e. The van der Waals surface area contributed by atoms with Gasteiger partial charge >= 0.3 is 17.6 Å². The molecule has 0 saturated carbocycles. The molecule has 0 fully saturated rings. The molecule has 1 amide bonds. The number of aromatic nitrogens is 4. The van der Waals surface area contributed by atoms with Crippen LogP contribution in [0.25, 0.3) is 17.2 Å². The largest absolute Gasteiger partial charge is 0.459 e. The van der Waals surface area contributed by atoms with E-state index in [1.54, 1.807) is 6.92 Å². The van der Waals surface area contributed by atoms with Crippen LogP contribution in [-0.2, 0) is 20.7 Å². The molecule has 158 valence electrons. The Bertz CT molecular complexity index is 1120. The molecule has 0 aliphatic rings. The molecule has 2 aromatic heterocycles. The summed E-state index contributed by atoms with van der Waals surface area (Å²) in [5.41, 5.74) is 0.793. The Balaban J connectivity index is 1.75. The molecule has 0 saturated heterocycles. The zero-order valence-electron chi connectivity index (χ0n) is 15.6. The van der Waals surface area contributed by atoms with Crippen molar-refractivity contribution < 1.29 is 27.9 Å². The molecule has 0 radical (unpaired) electrons. The van der Waals surface area contributed by atoms with Gasteiger partial charge in [0.25, 0.3) is 0 Å². The molecule has 11 nitrogen and oxygen atoms in total. The van der Waals surface area contributed by atoms with Crippen molar-refractivity contribution in [3.63, 3.8) is 0 Å². The fraction of sp³-hybridized carbons (Fsp3) is 0.294. The first-order chi connectivity index (χ1) is 14.4. The summed E-state index contributed by atoms with van der Waals surface area (Å²) in [5, 5.41) is 13.7. The van der Waals surface area contributed by atoms with Gasteiger partial charge in [0, 0.05) is 6.54 Å². The Morgan fingerprint density at radius 2 is 2.10 bits per heavy atom. The van der Waals surface area contributed by atoms with Crippen molar-refractivity contribution in [1.82, 2.24) is 25.4 Å². The van der Waals surface area contributed by atoms with Crippen LogP contribution in [-0.4, -0.2) is 45.1 Å². The number of nitrogens with one attached hydrogen (secondary N) is 1. The van der Waals surface area contributed by atoms with Crippen molar-refractivity contribution in [3.8, 4) is 17.2 Å². The Morgan fingerprint density at radius 3 is 2.83 bits per heavy atom. The number of carbonyl (C=O) groups is 2. The maximum Gasteiger partial charge on any atom is 0.446 e. The summed E-state index contributed by atoms with van der Waals surface area (Å²) in [6.45, 7) is 1.86. The minimum atomic E-state index is -0.960. The first-order valence-electron chi connectivity index (χ1n) is 8.73. The third kappa shape index (κ3) is 4.62. The molecule has 0 aliphatic carbocycles. The van der Waals surface area contributed by atoms with Crippen LogP contribution in [0.15, 0.2) is 36.6 Å². The van der Waals surface area contributed by atoms with Crippen LogP contribution < -0.4 is 11.1 Å². The molecule has 0 bridgehead atoms. The van der Waals surface area contributed by atoms with Crippen LogP contribution in [0.3, 0.4) is 0 Å². The van der Waals surface area contributed by atoms with E-state index in [4.69, 9.17) is 9.15 Å². The van der Waals surface area contributed by atoms with E-state index in [0.717, 1.165) is 4.57 Å². The van der Waals surface area contributed by atoms with Gasteiger partial charge in [0.1, 0.15) is 11.5 Å². The topological polar surface area (TPSA) is 142 Å². The molecule has 3 aromatic rings. The molecule has 2 heterocycles. The van der Waals surface area contributed by atoms with Gasteiger partial charge in [0.05, 0.1) is 16.8 Å².